The number of nitrogens with zero attached hydrogens (tertiary/aromatic N) is 3. The van der Waals surface area contributed by atoms with Crippen LogP contribution in [0.3, 0.4) is 0 Å². The van der Waals surface area contributed by atoms with Crippen LogP contribution in [0.1, 0.15) is 26.2 Å². The summed E-state index contributed by atoms with van der Waals surface area (Å²) in [6, 6.07) is 7.58. The van der Waals surface area contributed by atoms with E-state index in [1.807, 2.05) is 0 Å². The molecule has 0 N–H and O–H groups in total. The molecule has 154 valence electrons. The predicted octanol–water partition coefficient (Wildman–Crippen LogP) is 3.68. The van der Waals surface area contributed by atoms with E-state index in [9.17, 15) is 22.8 Å². The standard InChI is InChI=1S/C21H22F3N3O2/c1-21(23,24)14-4-2-9-25(13-14)19(28)8-11-27-18-12-15(22)6-7-16(18)26-10-3-5-17(26)20(27)29/h3,5-7,10,12,14H,2,4,8-9,11,13H2,1H3. The van der Waals surface area contributed by atoms with Crippen LogP contribution in [0.15, 0.2) is 41.3 Å². The number of alkyl halides is 2. The molecule has 1 fully saturated rings. The molecular weight excluding hydrogens is 383 g/mol. The number of likely N-dealkylation sites (tertiary alicyclic amines) is 1. The van der Waals surface area contributed by atoms with Gasteiger partial charge in [0, 0.05) is 38.2 Å². The van der Waals surface area contributed by atoms with Gasteiger partial charge in [-0.1, -0.05) is 0 Å². The Hall–Kier alpha value is -2.77. The van der Waals surface area contributed by atoms with Crippen molar-refractivity contribution < 1.29 is 18.0 Å². The molecule has 1 aliphatic rings. The van der Waals surface area contributed by atoms with E-state index in [1.54, 1.807) is 28.8 Å². The highest BCUT2D eigenvalue weighted by molar-refractivity contribution is 5.80. The molecule has 0 spiro atoms. The topological polar surface area (TPSA) is 46.7 Å². The summed E-state index contributed by atoms with van der Waals surface area (Å²) in [5.74, 6) is -4.43. The summed E-state index contributed by atoms with van der Waals surface area (Å²) in [6.07, 6.45) is 2.64. The molecule has 1 atom stereocenters. The maximum Gasteiger partial charge on any atom is 0.275 e. The van der Waals surface area contributed by atoms with Gasteiger partial charge in [-0.05, 0) is 50.1 Å². The average molecular weight is 405 g/mol. The highest BCUT2D eigenvalue weighted by Crippen LogP contribution is 2.31. The number of piperidine rings is 1. The van der Waals surface area contributed by atoms with Gasteiger partial charge >= 0.3 is 0 Å². The van der Waals surface area contributed by atoms with Crippen molar-refractivity contribution >= 4 is 22.5 Å². The zero-order valence-electron chi connectivity index (χ0n) is 16.1. The van der Waals surface area contributed by atoms with Crippen molar-refractivity contribution in [2.45, 2.75) is 38.7 Å². The van der Waals surface area contributed by atoms with E-state index in [2.05, 4.69) is 0 Å². The van der Waals surface area contributed by atoms with E-state index < -0.39 is 17.7 Å². The number of aromatic nitrogens is 2. The van der Waals surface area contributed by atoms with Gasteiger partial charge in [0.15, 0.2) is 0 Å². The number of carbonyl (C=O) groups excluding carboxylic acids is 1. The van der Waals surface area contributed by atoms with Crippen molar-refractivity contribution in [2.75, 3.05) is 13.1 Å². The molecule has 0 bridgehead atoms. The maximum atomic E-state index is 13.8. The van der Waals surface area contributed by atoms with Crippen LogP contribution in [0.25, 0.3) is 16.6 Å². The normalized spacial score (nSPS) is 17.9. The first-order valence-corrected chi connectivity index (χ1v) is 9.70. The molecule has 5 nitrogen and oxygen atoms in total. The molecule has 1 aromatic carbocycles. The smallest absolute Gasteiger partial charge is 0.275 e. The number of fused-ring (bicyclic) bond motifs is 3. The molecule has 1 unspecified atom stereocenters. The number of hydrogen-bond acceptors (Lipinski definition) is 2. The second kappa shape index (κ2) is 7.24. The van der Waals surface area contributed by atoms with Gasteiger partial charge in [-0.3, -0.25) is 9.59 Å². The Morgan fingerprint density at radius 3 is 2.76 bits per heavy atom. The number of carbonyl (C=O) groups is 1. The molecule has 3 aromatic rings. The quantitative estimate of drug-likeness (QED) is 0.665. The van der Waals surface area contributed by atoms with Crippen LogP contribution in [-0.2, 0) is 11.3 Å². The van der Waals surface area contributed by atoms with Gasteiger partial charge in [0.05, 0.1) is 11.0 Å². The zero-order valence-corrected chi connectivity index (χ0v) is 16.1. The van der Waals surface area contributed by atoms with Crippen molar-refractivity contribution in [2.24, 2.45) is 5.92 Å². The number of benzene rings is 1. The number of rotatable bonds is 4. The second-order valence-electron chi connectivity index (χ2n) is 7.74. The molecule has 29 heavy (non-hydrogen) atoms. The fraction of sp³-hybridized carbons (Fsp3) is 0.429. The lowest BCUT2D eigenvalue weighted by Gasteiger charge is -2.35. The van der Waals surface area contributed by atoms with Crippen LogP contribution in [0.4, 0.5) is 13.2 Å². The summed E-state index contributed by atoms with van der Waals surface area (Å²) < 4.78 is 44.2. The third-order valence-corrected chi connectivity index (χ3v) is 5.74. The zero-order chi connectivity index (χ0) is 20.8. The summed E-state index contributed by atoms with van der Waals surface area (Å²) in [4.78, 5) is 27.0. The van der Waals surface area contributed by atoms with Gasteiger partial charge in [-0.25, -0.2) is 13.2 Å². The number of hydrogen-bond donors (Lipinski definition) is 0. The molecule has 1 saturated heterocycles. The van der Waals surface area contributed by atoms with Crippen molar-refractivity contribution in [3.63, 3.8) is 0 Å². The fourth-order valence-electron chi connectivity index (χ4n) is 4.13. The predicted molar refractivity (Wildman–Crippen MR) is 104 cm³/mol. The van der Waals surface area contributed by atoms with Gasteiger partial charge in [-0.2, -0.15) is 0 Å². The first-order valence-electron chi connectivity index (χ1n) is 9.70. The third kappa shape index (κ3) is 3.63. The summed E-state index contributed by atoms with van der Waals surface area (Å²) in [5.41, 5.74) is 1.16. The Labute approximate surface area is 165 Å². The first kappa shape index (κ1) is 19.5. The minimum atomic E-state index is -2.83. The third-order valence-electron chi connectivity index (χ3n) is 5.74. The molecule has 3 heterocycles. The number of amides is 1. The van der Waals surface area contributed by atoms with E-state index in [1.165, 1.54) is 21.6 Å². The fourth-order valence-corrected chi connectivity index (χ4v) is 4.13. The molecule has 0 radical (unpaired) electrons. The van der Waals surface area contributed by atoms with Crippen molar-refractivity contribution in [3.05, 3.63) is 52.7 Å². The Morgan fingerprint density at radius 2 is 2.00 bits per heavy atom. The van der Waals surface area contributed by atoms with Crippen LogP contribution >= 0.6 is 0 Å². The van der Waals surface area contributed by atoms with Crippen molar-refractivity contribution in [3.8, 4) is 0 Å². The Kier molecular flexibility index (Phi) is 4.88. The van der Waals surface area contributed by atoms with Crippen LogP contribution in [0.5, 0.6) is 0 Å². The van der Waals surface area contributed by atoms with E-state index in [0.717, 1.165) is 6.92 Å². The molecule has 1 amide bonds. The second-order valence-corrected chi connectivity index (χ2v) is 7.74. The highest BCUT2D eigenvalue weighted by Gasteiger charge is 2.38. The summed E-state index contributed by atoms with van der Waals surface area (Å²) >= 11 is 0. The molecule has 8 heteroatoms. The van der Waals surface area contributed by atoms with Gasteiger partial charge in [0.2, 0.25) is 11.8 Å². The molecule has 2 aromatic heterocycles. The van der Waals surface area contributed by atoms with E-state index in [0.29, 0.717) is 35.9 Å². The summed E-state index contributed by atoms with van der Waals surface area (Å²) in [5, 5.41) is 0. The van der Waals surface area contributed by atoms with E-state index in [4.69, 9.17) is 0 Å². The van der Waals surface area contributed by atoms with E-state index in [-0.39, 0.29) is 31.0 Å². The monoisotopic (exact) mass is 405 g/mol. The van der Waals surface area contributed by atoms with Crippen LogP contribution in [-0.4, -0.2) is 38.8 Å². The lowest BCUT2D eigenvalue weighted by atomic mass is 9.92. The van der Waals surface area contributed by atoms with E-state index >= 15 is 0 Å². The molecule has 4 rings (SSSR count). The maximum absolute atomic E-state index is 13.8. The minimum Gasteiger partial charge on any atom is -0.342 e. The van der Waals surface area contributed by atoms with Crippen LogP contribution in [0, 0.1) is 11.7 Å². The minimum absolute atomic E-state index is 0.00952. The first-order chi connectivity index (χ1) is 13.8. The lowest BCUT2D eigenvalue weighted by molar-refractivity contribution is -0.137. The Balaban J connectivity index is 1.61. The Morgan fingerprint density at radius 1 is 1.21 bits per heavy atom. The van der Waals surface area contributed by atoms with Crippen molar-refractivity contribution in [1.82, 2.24) is 13.9 Å². The summed E-state index contributed by atoms with van der Waals surface area (Å²) in [7, 11) is 0. The molecule has 0 saturated carbocycles. The van der Waals surface area contributed by atoms with Gasteiger partial charge in [-0.15, -0.1) is 0 Å². The largest absolute Gasteiger partial charge is 0.342 e. The number of aryl methyl sites for hydroxylation is 1. The molecule has 1 aliphatic heterocycles. The van der Waals surface area contributed by atoms with Crippen molar-refractivity contribution in [1.29, 1.82) is 0 Å². The summed E-state index contributed by atoms with van der Waals surface area (Å²) in [6.45, 7) is 1.40. The van der Waals surface area contributed by atoms with Gasteiger partial charge in [0.25, 0.3) is 5.56 Å². The lowest BCUT2D eigenvalue weighted by Crippen LogP contribution is -2.45. The van der Waals surface area contributed by atoms with Gasteiger partial charge in [0.1, 0.15) is 11.3 Å². The van der Waals surface area contributed by atoms with Gasteiger partial charge < -0.3 is 13.9 Å². The SMILES string of the molecule is CC(F)(F)C1CCCN(C(=O)CCn2c(=O)c3cccn3c3ccc(F)cc32)C1. The van der Waals surface area contributed by atoms with Crippen LogP contribution in [0.2, 0.25) is 0 Å². The number of halogens is 3. The highest BCUT2D eigenvalue weighted by atomic mass is 19.3. The van der Waals surface area contributed by atoms with Crippen LogP contribution < -0.4 is 5.56 Å². The average Bonchev–Trinajstić information content (AvgIpc) is 3.17. The molecule has 0 aliphatic carbocycles. The Bertz CT molecular complexity index is 1130. The molecular formula is C21H22F3N3O2.